The van der Waals surface area contributed by atoms with Crippen LogP contribution in [0.25, 0.3) is 17.0 Å². The van der Waals surface area contributed by atoms with Crippen molar-refractivity contribution in [2.75, 3.05) is 5.32 Å². The number of carbonyl (C=O) groups is 2. The van der Waals surface area contributed by atoms with E-state index in [9.17, 15) is 23.5 Å². The van der Waals surface area contributed by atoms with E-state index in [4.69, 9.17) is 17.3 Å². The minimum absolute atomic E-state index is 0.0464. The second kappa shape index (κ2) is 14.3. The van der Waals surface area contributed by atoms with Crippen LogP contribution in [0.2, 0.25) is 5.02 Å². The van der Waals surface area contributed by atoms with Gasteiger partial charge in [0.15, 0.2) is 17.5 Å². The highest BCUT2D eigenvalue weighted by molar-refractivity contribution is 6.35. The molecule has 0 saturated heterocycles. The van der Waals surface area contributed by atoms with Gasteiger partial charge in [0.25, 0.3) is 5.91 Å². The summed E-state index contributed by atoms with van der Waals surface area (Å²) < 4.78 is 27.1. The Morgan fingerprint density at radius 3 is 2.07 bits per heavy atom. The minimum atomic E-state index is -1.02. The molecule has 1 aromatic heterocycles. The smallest absolute Gasteiger partial charge is 0.335 e. The highest BCUT2D eigenvalue weighted by Crippen LogP contribution is 2.24. The van der Waals surface area contributed by atoms with E-state index in [1.54, 1.807) is 49.4 Å². The summed E-state index contributed by atoms with van der Waals surface area (Å²) in [6.45, 7) is 10.2. The van der Waals surface area contributed by atoms with E-state index >= 15 is 0 Å². The molecular weight excluding hydrogens is 602 g/mol. The first-order valence-electron chi connectivity index (χ1n) is 13.5. The van der Waals surface area contributed by atoms with Crippen molar-refractivity contribution in [2.45, 2.75) is 20.0 Å². The van der Waals surface area contributed by atoms with E-state index in [0.29, 0.717) is 38.9 Å². The number of aryl methyl sites for hydroxylation is 1. The number of carbonyl (C=O) groups excluding carboxylic acids is 1. The Hall–Kier alpha value is -5.55. The Bertz CT molecular complexity index is 1840. The van der Waals surface area contributed by atoms with E-state index < -0.39 is 23.5 Å². The summed E-state index contributed by atoms with van der Waals surface area (Å²) in [4.78, 5) is 33.7. The van der Waals surface area contributed by atoms with Gasteiger partial charge in [0.1, 0.15) is 0 Å². The van der Waals surface area contributed by atoms with Crippen LogP contribution in [0.1, 0.15) is 44.3 Å². The second-order valence-corrected chi connectivity index (χ2v) is 10.3. The van der Waals surface area contributed by atoms with E-state index in [1.807, 2.05) is 0 Å². The largest absolute Gasteiger partial charge is 0.478 e. The molecule has 0 atom stereocenters. The number of amides is 1. The molecule has 6 N–H and O–H groups in total. The fourth-order valence-corrected chi connectivity index (χ4v) is 4.39. The molecule has 12 heteroatoms. The highest BCUT2D eigenvalue weighted by atomic mass is 35.5. The van der Waals surface area contributed by atoms with Crippen molar-refractivity contribution in [3.8, 4) is 0 Å². The SMILES string of the molecule is C=C(NCc1ccc(C(=O)O)c(C)c1)c1cc(C(=C)NCc2ccc(F)c(F)c2)nc(C(=CN)C(=O)Nc2ccccc2Cl)n1. The third kappa shape index (κ3) is 8.09. The van der Waals surface area contributed by atoms with Crippen molar-refractivity contribution < 1.29 is 23.5 Å². The van der Waals surface area contributed by atoms with Crippen LogP contribution < -0.4 is 21.7 Å². The van der Waals surface area contributed by atoms with E-state index in [2.05, 4.69) is 39.1 Å². The topological polar surface area (TPSA) is 142 Å². The molecule has 0 aliphatic carbocycles. The number of aromatic nitrogens is 2. The van der Waals surface area contributed by atoms with Gasteiger partial charge >= 0.3 is 5.97 Å². The number of anilines is 1. The molecule has 0 aliphatic heterocycles. The number of nitrogens with two attached hydrogens (primary N) is 1. The van der Waals surface area contributed by atoms with Gasteiger partial charge in [0, 0.05) is 19.3 Å². The lowest BCUT2D eigenvalue weighted by atomic mass is 10.1. The van der Waals surface area contributed by atoms with Crippen LogP contribution in [0.3, 0.4) is 0 Å². The zero-order valence-electron chi connectivity index (χ0n) is 24.1. The number of halogens is 3. The fraction of sp³-hybridized carbons (Fsp3) is 0.0909. The Labute approximate surface area is 263 Å². The van der Waals surface area contributed by atoms with Crippen LogP contribution in [0, 0.1) is 18.6 Å². The average Bonchev–Trinajstić information content (AvgIpc) is 3.01. The zero-order chi connectivity index (χ0) is 32.7. The molecule has 9 nitrogen and oxygen atoms in total. The van der Waals surface area contributed by atoms with E-state index in [0.717, 1.165) is 23.9 Å². The molecule has 0 radical (unpaired) electrons. The molecule has 1 heterocycles. The lowest BCUT2D eigenvalue weighted by molar-refractivity contribution is -0.111. The van der Waals surface area contributed by atoms with Gasteiger partial charge in [-0.15, -0.1) is 0 Å². The van der Waals surface area contributed by atoms with Crippen LogP contribution in [-0.4, -0.2) is 27.0 Å². The first-order valence-corrected chi connectivity index (χ1v) is 13.8. The van der Waals surface area contributed by atoms with Gasteiger partial charge in [-0.3, -0.25) is 4.79 Å². The maximum absolute atomic E-state index is 13.7. The molecule has 0 unspecified atom stereocenters. The van der Waals surface area contributed by atoms with Crippen LogP contribution in [-0.2, 0) is 17.9 Å². The van der Waals surface area contributed by atoms with Gasteiger partial charge in [0.2, 0.25) is 0 Å². The zero-order valence-corrected chi connectivity index (χ0v) is 24.9. The molecule has 0 fully saturated rings. The quantitative estimate of drug-likeness (QED) is 0.122. The number of nitrogens with zero attached hydrogens (tertiary/aromatic N) is 2. The van der Waals surface area contributed by atoms with Crippen LogP contribution >= 0.6 is 11.6 Å². The molecular formula is C33H29ClF2N6O3. The van der Waals surface area contributed by atoms with Crippen molar-refractivity contribution in [2.24, 2.45) is 5.73 Å². The van der Waals surface area contributed by atoms with Crippen molar-refractivity contribution in [3.63, 3.8) is 0 Å². The van der Waals surface area contributed by atoms with Crippen LogP contribution in [0.15, 0.2) is 86.1 Å². The molecule has 45 heavy (non-hydrogen) atoms. The summed E-state index contributed by atoms with van der Waals surface area (Å²) >= 11 is 6.21. The molecule has 3 aromatic carbocycles. The monoisotopic (exact) mass is 630 g/mol. The molecule has 0 aliphatic rings. The van der Waals surface area contributed by atoms with Gasteiger partial charge in [0.05, 0.1) is 44.6 Å². The van der Waals surface area contributed by atoms with Crippen molar-refractivity contribution in [3.05, 3.63) is 142 Å². The van der Waals surface area contributed by atoms with Gasteiger partial charge in [-0.25, -0.2) is 23.5 Å². The number of aromatic carboxylic acids is 1. The first-order chi connectivity index (χ1) is 21.5. The summed E-state index contributed by atoms with van der Waals surface area (Å²) in [5.74, 6) is -3.63. The standard InChI is InChI=1S/C33H29ClF2N6O3/c1-18-12-21(8-10-23(18)33(44)45)16-38-19(2)29-14-30(20(3)39-17-22-9-11-26(35)27(36)13-22)41-31(40-29)24(15-37)32(43)42-28-7-5-4-6-25(28)34/h4-15,38-39H,2-3,16-17,37H2,1H3,(H,42,43)(H,44,45). The predicted molar refractivity (Wildman–Crippen MR) is 171 cm³/mol. The number of nitrogens with one attached hydrogen (secondary N) is 3. The third-order valence-electron chi connectivity index (χ3n) is 6.64. The molecule has 1 amide bonds. The van der Waals surface area contributed by atoms with Crippen molar-refractivity contribution in [1.29, 1.82) is 0 Å². The van der Waals surface area contributed by atoms with Gasteiger partial charge in [-0.2, -0.15) is 0 Å². The van der Waals surface area contributed by atoms with Crippen molar-refractivity contribution in [1.82, 2.24) is 20.6 Å². The molecule has 4 rings (SSSR count). The fourth-order valence-electron chi connectivity index (χ4n) is 4.20. The van der Waals surface area contributed by atoms with Crippen LogP contribution in [0.4, 0.5) is 14.5 Å². The highest BCUT2D eigenvalue weighted by Gasteiger charge is 2.20. The van der Waals surface area contributed by atoms with E-state index in [1.165, 1.54) is 12.1 Å². The van der Waals surface area contributed by atoms with Crippen LogP contribution in [0.5, 0.6) is 0 Å². The Morgan fingerprint density at radius 2 is 1.51 bits per heavy atom. The number of hydrogen-bond donors (Lipinski definition) is 5. The number of carboxylic acids is 1. The summed E-state index contributed by atoms with van der Waals surface area (Å²) in [6.07, 6.45) is 1.07. The summed E-state index contributed by atoms with van der Waals surface area (Å²) in [5, 5.41) is 18.5. The van der Waals surface area contributed by atoms with Crippen molar-refractivity contribution >= 4 is 46.1 Å². The minimum Gasteiger partial charge on any atom is -0.478 e. The molecule has 4 aromatic rings. The molecule has 0 bridgehead atoms. The van der Waals surface area contributed by atoms with Gasteiger partial charge < -0.3 is 26.8 Å². The number of benzene rings is 3. The normalized spacial score (nSPS) is 11.1. The third-order valence-corrected chi connectivity index (χ3v) is 6.97. The lowest BCUT2D eigenvalue weighted by Gasteiger charge is -2.16. The first kappa shape index (κ1) is 32.4. The molecule has 0 saturated carbocycles. The Balaban J connectivity index is 1.62. The second-order valence-electron chi connectivity index (χ2n) is 9.84. The van der Waals surface area contributed by atoms with Gasteiger partial charge in [-0.1, -0.05) is 55.1 Å². The number of carboxylic acid groups (broad SMARTS) is 1. The Kier molecular flexibility index (Phi) is 10.3. The van der Waals surface area contributed by atoms with Gasteiger partial charge in [-0.05, 0) is 60.0 Å². The maximum Gasteiger partial charge on any atom is 0.335 e. The summed E-state index contributed by atoms with van der Waals surface area (Å²) in [7, 11) is 0. The summed E-state index contributed by atoms with van der Waals surface area (Å²) in [5.41, 5.74) is 9.44. The maximum atomic E-state index is 13.7. The Morgan fingerprint density at radius 1 is 0.911 bits per heavy atom. The molecule has 230 valence electrons. The predicted octanol–water partition coefficient (Wildman–Crippen LogP) is 5.87. The number of rotatable bonds is 12. The lowest BCUT2D eigenvalue weighted by Crippen LogP contribution is -2.20. The van der Waals surface area contributed by atoms with E-state index in [-0.39, 0.29) is 35.7 Å². The average molecular weight is 631 g/mol. The number of hydrogen-bond acceptors (Lipinski definition) is 7. The molecule has 0 spiro atoms. The summed E-state index contributed by atoms with van der Waals surface area (Å²) in [6, 6.07) is 16.7. The number of para-hydroxylation sites is 1.